The van der Waals surface area contributed by atoms with E-state index in [9.17, 15) is 0 Å². The first kappa shape index (κ1) is 12.8. The molecule has 86 valence electrons. The van der Waals surface area contributed by atoms with Gasteiger partial charge in [0.15, 0.2) is 0 Å². The van der Waals surface area contributed by atoms with Crippen molar-refractivity contribution >= 4 is 17.3 Å². The van der Waals surface area contributed by atoms with Gasteiger partial charge in [0.1, 0.15) is 0 Å². The summed E-state index contributed by atoms with van der Waals surface area (Å²) in [6.07, 6.45) is 0. The van der Waals surface area contributed by atoms with E-state index in [1.807, 2.05) is 6.07 Å². The highest BCUT2D eigenvalue weighted by Gasteiger charge is 2.00. The predicted octanol–water partition coefficient (Wildman–Crippen LogP) is 2.62. The SMILES string of the molecule is CC(C)NCCNc1ccc(C#N)cc1Cl. The summed E-state index contributed by atoms with van der Waals surface area (Å²) in [6, 6.07) is 7.79. The number of anilines is 1. The van der Waals surface area contributed by atoms with E-state index < -0.39 is 0 Å². The van der Waals surface area contributed by atoms with Crippen LogP contribution in [0.1, 0.15) is 19.4 Å². The van der Waals surface area contributed by atoms with Crippen LogP contribution in [0.3, 0.4) is 0 Å². The molecule has 0 radical (unpaired) electrons. The van der Waals surface area contributed by atoms with Gasteiger partial charge in [-0.1, -0.05) is 25.4 Å². The molecule has 0 unspecified atom stereocenters. The Kier molecular flexibility index (Phi) is 5.10. The van der Waals surface area contributed by atoms with E-state index in [0.29, 0.717) is 16.6 Å². The fourth-order valence-corrected chi connectivity index (χ4v) is 1.53. The Bertz CT molecular complexity index is 382. The van der Waals surface area contributed by atoms with E-state index in [1.165, 1.54) is 0 Å². The fraction of sp³-hybridized carbons (Fsp3) is 0.417. The van der Waals surface area contributed by atoms with E-state index >= 15 is 0 Å². The van der Waals surface area contributed by atoms with Crippen LogP contribution in [0.2, 0.25) is 5.02 Å². The lowest BCUT2D eigenvalue weighted by Gasteiger charge is -2.11. The Morgan fingerprint density at radius 1 is 1.38 bits per heavy atom. The molecule has 0 heterocycles. The lowest BCUT2D eigenvalue weighted by molar-refractivity contribution is 0.602. The standard InChI is InChI=1S/C12H16ClN3/c1-9(2)15-5-6-16-12-4-3-10(8-14)7-11(12)13/h3-4,7,9,15-16H,5-6H2,1-2H3. The molecule has 1 rings (SSSR count). The van der Waals surface area contributed by atoms with Crippen molar-refractivity contribution in [3.63, 3.8) is 0 Å². The number of nitrogens with zero attached hydrogens (tertiary/aromatic N) is 1. The van der Waals surface area contributed by atoms with Crippen LogP contribution < -0.4 is 10.6 Å². The largest absolute Gasteiger partial charge is 0.383 e. The van der Waals surface area contributed by atoms with Crippen LogP contribution >= 0.6 is 11.6 Å². The van der Waals surface area contributed by atoms with Gasteiger partial charge in [0, 0.05) is 19.1 Å². The van der Waals surface area contributed by atoms with E-state index in [1.54, 1.807) is 12.1 Å². The Morgan fingerprint density at radius 3 is 2.69 bits per heavy atom. The van der Waals surface area contributed by atoms with E-state index in [0.717, 1.165) is 18.8 Å². The Labute approximate surface area is 101 Å². The normalized spacial score (nSPS) is 10.2. The highest BCUT2D eigenvalue weighted by atomic mass is 35.5. The van der Waals surface area contributed by atoms with Crippen LogP contribution in [0.25, 0.3) is 0 Å². The van der Waals surface area contributed by atoms with Crippen LogP contribution in [0, 0.1) is 11.3 Å². The van der Waals surface area contributed by atoms with Gasteiger partial charge in [-0.05, 0) is 18.2 Å². The Balaban J connectivity index is 2.46. The van der Waals surface area contributed by atoms with Crippen molar-refractivity contribution in [2.75, 3.05) is 18.4 Å². The van der Waals surface area contributed by atoms with Crippen molar-refractivity contribution in [1.29, 1.82) is 5.26 Å². The van der Waals surface area contributed by atoms with E-state index in [2.05, 4.69) is 30.6 Å². The molecule has 1 aromatic carbocycles. The van der Waals surface area contributed by atoms with Gasteiger partial charge in [-0.25, -0.2) is 0 Å². The van der Waals surface area contributed by atoms with Crippen LogP contribution in [-0.4, -0.2) is 19.1 Å². The second kappa shape index (κ2) is 6.37. The minimum atomic E-state index is 0.484. The summed E-state index contributed by atoms with van der Waals surface area (Å²) in [5, 5.41) is 15.8. The molecule has 1 aromatic rings. The maximum atomic E-state index is 8.69. The molecule has 3 nitrogen and oxygen atoms in total. The number of halogens is 1. The summed E-state index contributed by atoms with van der Waals surface area (Å²) in [6.45, 7) is 5.90. The average molecular weight is 238 g/mol. The molecular formula is C12H16ClN3. The molecular weight excluding hydrogens is 222 g/mol. The third-order valence-corrected chi connectivity index (χ3v) is 2.40. The van der Waals surface area contributed by atoms with Gasteiger partial charge in [0.05, 0.1) is 22.3 Å². The fourth-order valence-electron chi connectivity index (χ4n) is 1.29. The molecule has 0 aromatic heterocycles. The third kappa shape index (κ3) is 4.09. The maximum Gasteiger partial charge on any atom is 0.0992 e. The molecule has 0 atom stereocenters. The van der Waals surface area contributed by atoms with Gasteiger partial charge in [0.25, 0.3) is 0 Å². The molecule has 4 heteroatoms. The van der Waals surface area contributed by atoms with Crippen molar-refractivity contribution < 1.29 is 0 Å². The summed E-state index contributed by atoms with van der Waals surface area (Å²) >= 11 is 6.02. The highest BCUT2D eigenvalue weighted by molar-refractivity contribution is 6.33. The van der Waals surface area contributed by atoms with Gasteiger partial charge in [-0.2, -0.15) is 5.26 Å². The number of nitrogens with one attached hydrogen (secondary N) is 2. The molecule has 0 saturated carbocycles. The Morgan fingerprint density at radius 2 is 2.12 bits per heavy atom. The van der Waals surface area contributed by atoms with Crippen molar-refractivity contribution in [3.8, 4) is 6.07 Å². The van der Waals surface area contributed by atoms with Crippen LogP contribution in [0.4, 0.5) is 5.69 Å². The Hall–Kier alpha value is -1.24. The van der Waals surface area contributed by atoms with Gasteiger partial charge >= 0.3 is 0 Å². The van der Waals surface area contributed by atoms with Gasteiger partial charge in [-0.3, -0.25) is 0 Å². The van der Waals surface area contributed by atoms with Crippen molar-refractivity contribution in [2.45, 2.75) is 19.9 Å². The van der Waals surface area contributed by atoms with Gasteiger partial charge in [0.2, 0.25) is 0 Å². The molecule has 0 spiro atoms. The molecule has 0 fully saturated rings. The zero-order valence-corrected chi connectivity index (χ0v) is 10.3. The second-order valence-corrected chi connectivity index (χ2v) is 4.25. The lowest BCUT2D eigenvalue weighted by atomic mass is 10.2. The quantitative estimate of drug-likeness (QED) is 0.774. The smallest absolute Gasteiger partial charge is 0.0992 e. The number of rotatable bonds is 5. The zero-order valence-electron chi connectivity index (χ0n) is 9.55. The van der Waals surface area contributed by atoms with Gasteiger partial charge in [-0.15, -0.1) is 0 Å². The minimum Gasteiger partial charge on any atom is -0.383 e. The van der Waals surface area contributed by atoms with Crippen molar-refractivity contribution in [1.82, 2.24) is 5.32 Å². The average Bonchev–Trinajstić information content (AvgIpc) is 2.25. The first-order valence-corrected chi connectivity index (χ1v) is 5.68. The second-order valence-electron chi connectivity index (χ2n) is 3.84. The molecule has 16 heavy (non-hydrogen) atoms. The first-order valence-electron chi connectivity index (χ1n) is 5.30. The van der Waals surface area contributed by atoms with Crippen molar-refractivity contribution in [3.05, 3.63) is 28.8 Å². The highest BCUT2D eigenvalue weighted by Crippen LogP contribution is 2.22. The van der Waals surface area contributed by atoms with Gasteiger partial charge < -0.3 is 10.6 Å². The minimum absolute atomic E-state index is 0.484. The topological polar surface area (TPSA) is 47.8 Å². The third-order valence-electron chi connectivity index (χ3n) is 2.09. The molecule has 2 N–H and O–H groups in total. The van der Waals surface area contributed by atoms with Crippen LogP contribution in [0.5, 0.6) is 0 Å². The van der Waals surface area contributed by atoms with Crippen LogP contribution in [0.15, 0.2) is 18.2 Å². The van der Waals surface area contributed by atoms with Crippen molar-refractivity contribution in [2.24, 2.45) is 0 Å². The number of benzene rings is 1. The predicted molar refractivity (Wildman–Crippen MR) is 67.8 cm³/mol. The maximum absolute atomic E-state index is 8.69. The molecule has 0 bridgehead atoms. The number of nitriles is 1. The first-order chi connectivity index (χ1) is 7.63. The summed E-state index contributed by atoms with van der Waals surface area (Å²) in [5.41, 5.74) is 1.45. The summed E-state index contributed by atoms with van der Waals surface area (Å²) in [7, 11) is 0. The summed E-state index contributed by atoms with van der Waals surface area (Å²) in [5.74, 6) is 0. The zero-order chi connectivity index (χ0) is 12.0. The monoisotopic (exact) mass is 237 g/mol. The molecule has 0 aliphatic carbocycles. The molecule has 0 saturated heterocycles. The lowest BCUT2D eigenvalue weighted by Crippen LogP contribution is -2.28. The number of hydrogen-bond acceptors (Lipinski definition) is 3. The summed E-state index contributed by atoms with van der Waals surface area (Å²) in [4.78, 5) is 0. The molecule has 0 aliphatic rings. The molecule has 0 aliphatic heterocycles. The van der Waals surface area contributed by atoms with E-state index in [-0.39, 0.29) is 0 Å². The van der Waals surface area contributed by atoms with E-state index in [4.69, 9.17) is 16.9 Å². The van der Waals surface area contributed by atoms with Crippen LogP contribution in [-0.2, 0) is 0 Å². The molecule has 0 amide bonds. The number of hydrogen-bond donors (Lipinski definition) is 2. The summed E-state index contributed by atoms with van der Waals surface area (Å²) < 4.78 is 0.